The molecule has 1 rings (SSSR count). The average molecular weight is 278 g/mol. The summed E-state index contributed by atoms with van der Waals surface area (Å²) in [7, 11) is 0. The Morgan fingerprint density at radius 1 is 1.35 bits per heavy atom. The van der Waals surface area contributed by atoms with Crippen molar-refractivity contribution in [2.24, 2.45) is 11.7 Å². The fourth-order valence-electron chi connectivity index (χ4n) is 1.79. The Labute approximate surface area is 121 Å². The normalized spacial score (nSPS) is 14.1. The van der Waals surface area contributed by atoms with Crippen molar-refractivity contribution in [1.29, 1.82) is 0 Å². The van der Waals surface area contributed by atoms with Crippen LogP contribution in [0.3, 0.4) is 0 Å². The molecule has 1 unspecified atom stereocenters. The zero-order valence-corrected chi connectivity index (χ0v) is 12.7. The maximum atomic E-state index is 12.1. The lowest BCUT2D eigenvalue weighted by Crippen LogP contribution is -2.49. The summed E-state index contributed by atoms with van der Waals surface area (Å²) in [5.74, 6) is 0.377. The molecule has 0 bridgehead atoms. The number of nitrogens with two attached hydrogens (primary N) is 1. The summed E-state index contributed by atoms with van der Waals surface area (Å²) in [5, 5.41) is 2.87. The number of rotatable bonds is 8. The van der Waals surface area contributed by atoms with E-state index in [4.69, 9.17) is 10.5 Å². The van der Waals surface area contributed by atoms with Gasteiger partial charge in [0.25, 0.3) is 0 Å². The van der Waals surface area contributed by atoms with Crippen LogP contribution in [0.5, 0.6) is 0 Å². The summed E-state index contributed by atoms with van der Waals surface area (Å²) in [6.45, 7) is 7.95. The molecule has 1 atom stereocenters. The highest BCUT2D eigenvalue weighted by Crippen LogP contribution is 2.17. The zero-order valence-electron chi connectivity index (χ0n) is 12.7. The molecule has 0 saturated carbocycles. The van der Waals surface area contributed by atoms with Crippen molar-refractivity contribution in [2.45, 2.75) is 32.7 Å². The van der Waals surface area contributed by atoms with Gasteiger partial charge in [-0.1, -0.05) is 44.2 Å². The van der Waals surface area contributed by atoms with E-state index >= 15 is 0 Å². The highest BCUT2D eigenvalue weighted by Gasteiger charge is 2.29. The van der Waals surface area contributed by atoms with Crippen molar-refractivity contribution >= 4 is 5.91 Å². The van der Waals surface area contributed by atoms with Crippen LogP contribution in [0, 0.1) is 5.92 Å². The van der Waals surface area contributed by atoms with E-state index in [0.717, 1.165) is 18.6 Å². The van der Waals surface area contributed by atoms with Gasteiger partial charge in [0.05, 0.1) is 0 Å². The first kappa shape index (κ1) is 16.7. The van der Waals surface area contributed by atoms with Gasteiger partial charge in [0.15, 0.2) is 0 Å². The fourth-order valence-corrected chi connectivity index (χ4v) is 1.79. The number of hydrogen-bond acceptors (Lipinski definition) is 3. The van der Waals surface area contributed by atoms with Crippen LogP contribution in [0.4, 0.5) is 0 Å². The summed E-state index contributed by atoms with van der Waals surface area (Å²) >= 11 is 0. The highest BCUT2D eigenvalue weighted by molar-refractivity contribution is 5.86. The quantitative estimate of drug-likeness (QED) is 0.715. The van der Waals surface area contributed by atoms with Crippen molar-refractivity contribution in [3.05, 3.63) is 35.9 Å². The van der Waals surface area contributed by atoms with Gasteiger partial charge in [-0.25, -0.2) is 0 Å². The van der Waals surface area contributed by atoms with Crippen LogP contribution in [0.25, 0.3) is 0 Å². The Kier molecular flexibility index (Phi) is 6.68. The van der Waals surface area contributed by atoms with Crippen LogP contribution in [-0.4, -0.2) is 25.7 Å². The molecule has 0 heterocycles. The van der Waals surface area contributed by atoms with E-state index < -0.39 is 5.54 Å². The number of amides is 1. The average Bonchev–Trinajstić information content (AvgIpc) is 2.43. The van der Waals surface area contributed by atoms with E-state index in [0.29, 0.717) is 19.1 Å². The molecule has 1 aromatic rings. The van der Waals surface area contributed by atoms with Crippen LogP contribution >= 0.6 is 0 Å². The van der Waals surface area contributed by atoms with Gasteiger partial charge in [-0.2, -0.15) is 0 Å². The number of ether oxygens (including phenoxy) is 1. The van der Waals surface area contributed by atoms with Crippen LogP contribution in [0.1, 0.15) is 32.8 Å². The molecule has 0 aromatic heterocycles. The van der Waals surface area contributed by atoms with E-state index in [-0.39, 0.29) is 5.91 Å². The number of benzene rings is 1. The molecule has 4 nitrogen and oxygen atoms in total. The van der Waals surface area contributed by atoms with Crippen molar-refractivity contribution < 1.29 is 9.53 Å². The SMILES string of the molecule is CC(C)COCCCNC(=O)C(C)(N)c1ccccc1. The Balaban J connectivity index is 2.32. The molecule has 20 heavy (non-hydrogen) atoms. The molecule has 0 spiro atoms. The Bertz CT molecular complexity index is 402. The van der Waals surface area contributed by atoms with Crippen LogP contribution < -0.4 is 11.1 Å². The summed E-state index contributed by atoms with van der Waals surface area (Å²) in [4.78, 5) is 12.1. The molecule has 112 valence electrons. The monoisotopic (exact) mass is 278 g/mol. The second kappa shape index (κ2) is 8.02. The van der Waals surface area contributed by atoms with E-state index in [1.807, 2.05) is 30.3 Å². The molecular weight excluding hydrogens is 252 g/mol. The number of carbonyl (C=O) groups is 1. The highest BCUT2D eigenvalue weighted by atomic mass is 16.5. The summed E-state index contributed by atoms with van der Waals surface area (Å²) in [6.07, 6.45) is 0.795. The largest absolute Gasteiger partial charge is 0.381 e. The third-order valence-corrected chi connectivity index (χ3v) is 3.05. The van der Waals surface area contributed by atoms with Gasteiger partial charge in [0.2, 0.25) is 5.91 Å². The number of hydrogen-bond donors (Lipinski definition) is 2. The topological polar surface area (TPSA) is 64.3 Å². The van der Waals surface area contributed by atoms with Gasteiger partial charge in [-0.05, 0) is 24.8 Å². The zero-order chi connectivity index (χ0) is 15.0. The van der Waals surface area contributed by atoms with Gasteiger partial charge in [0, 0.05) is 19.8 Å². The predicted molar refractivity (Wildman–Crippen MR) is 81.3 cm³/mol. The molecule has 1 amide bonds. The van der Waals surface area contributed by atoms with Crippen LogP contribution in [-0.2, 0) is 15.1 Å². The molecule has 1 aromatic carbocycles. The Morgan fingerprint density at radius 2 is 2.00 bits per heavy atom. The molecule has 0 aliphatic carbocycles. The lowest BCUT2D eigenvalue weighted by Gasteiger charge is -2.24. The van der Waals surface area contributed by atoms with Crippen molar-refractivity contribution in [3.63, 3.8) is 0 Å². The van der Waals surface area contributed by atoms with E-state index in [1.54, 1.807) is 6.92 Å². The fraction of sp³-hybridized carbons (Fsp3) is 0.562. The number of carbonyl (C=O) groups excluding carboxylic acids is 1. The molecular formula is C16H26N2O2. The van der Waals surface area contributed by atoms with Crippen LogP contribution in [0.15, 0.2) is 30.3 Å². The minimum Gasteiger partial charge on any atom is -0.381 e. The molecule has 4 heteroatoms. The maximum Gasteiger partial charge on any atom is 0.244 e. The summed E-state index contributed by atoms with van der Waals surface area (Å²) in [6, 6.07) is 9.40. The standard InChI is InChI=1S/C16H26N2O2/c1-13(2)12-20-11-7-10-18-15(19)16(3,17)14-8-5-4-6-9-14/h4-6,8-9,13H,7,10-12,17H2,1-3H3,(H,18,19). The van der Waals surface area contributed by atoms with Gasteiger partial charge in [0.1, 0.15) is 5.54 Å². The second-order valence-corrected chi connectivity index (χ2v) is 5.65. The minimum absolute atomic E-state index is 0.160. The lowest BCUT2D eigenvalue weighted by molar-refractivity contribution is -0.126. The number of nitrogens with one attached hydrogen (secondary N) is 1. The lowest BCUT2D eigenvalue weighted by atomic mass is 9.92. The van der Waals surface area contributed by atoms with Crippen LogP contribution in [0.2, 0.25) is 0 Å². The smallest absolute Gasteiger partial charge is 0.244 e. The predicted octanol–water partition coefficient (Wildman–Crippen LogP) is 2.04. The molecule has 0 radical (unpaired) electrons. The molecule has 0 saturated heterocycles. The van der Waals surface area contributed by atoms with E-state index in [2.05, 4.69) is 19.2 Å². The van der Waals surface area contributed by atoms with Crippen molar-refractivity contribution in [1.82, 2.24) is 5.32 Å². The van der Waals surface area contributed by atoms with Gasteiger partial charge >= 0.3 is 0 Å². The molecule has 0 aliphatic heterocycles. The molecule has 0 aliphatic rings. The minimum atomic E-state index is -1.000. The van der Waals surface area contributed by atoms with E-state index in [1.165, 1.54) is 0 Å². The van der Waals surface area contributed by atoms with Gasteiger partial charge in [-0.15, -0.1) is 0 Å². The summed E-state index contributed by atoms with van der Waals surface area (Å²) in [5.41, 5.74) is 5.93. The van der Waals surface area contributed by atoms with Crippen molar-refractivity contribution in [2.75, 3.05) is 19.8 Å². The van der Waals surface area contributed by atoms with Gasteiger partial charge in [-0.3, -0.25) is 4.79 Å². The Morgan fingerprint density at radius 3 is 2.60 bits per heavy atom. The first-order valence-electron chi connectivity index (χ1n) is 7.15. The van der Waals surface area contributed by atoms with Crippen molar-refractivity contribution in [3.8, 4) is 0 Å². The third kappa shape index (κ3) is 5.31. The molecule has 3 N–H and O–H groups in total. The Hall–Kier alpha value is -1.39. The first-order chi connectivity index (χ1) is 9.44. The van der Waals surface area contributed by atoms with E-state index in [9.17, 15) is 4.79 Å². The second-order valence-electron chi connectivity index (χ2n) is 5.65. The first-order valence-corrected chi connectivity index (χ1v) is 7.15. The maximum absolute atomic E-state index is 12.1. The third-order valence-electron chi connectivity index (χ3n) is 3.05. The summed E-state index contributed by atoms with van der Waals surface area (Å²) < 4.78 is 5.46. The van der Waals surface area contributed by atoms with Gasteiger partial charge < -0.3 is 15.8 Å². The molecule has 0 fully saturated rings.